The molecule has 3 N–H and O–H groups in total. The fourth-order valence-electron chi connectivity index (χ4n) is 1.83. The highest BCUT2D eigenvalue weighted by Crippen LogP contribution is 2.21. The number of hydrogen-bond donors (Lipinski definition) is 2. The second kappa shape index (κ2) is 7.64. The number of hydrogen-bond acceptors (Lipinski definition) is 4. The van der Waals surface area contributed by atoms with Gasteiger partial charge in [-0.25, -0.2) is 4.98 Å². The molecule has 1 heterocycles. The molecule has 0 aliphatic heterocycles. The van der Waals surface area contributed by atoms with Crippen molar-refractivity contribution in [3.63, 3.8) is 0 Å². The fourth-order valence-corrected chi connectivity index (χ4v) is 2.93. The Bertz CT molecular complexity index is 630. The molecule has 0 aliphatic carbocycles. The molecule has 112 valence electrons. The Balaban J connectivity index is 1.71. The monoisotopic (exact) mass is 343 g/mol. The van der Waals surface area contributed by atoms with Crippen molar-refractivity contribution < 1.29 is 4.79 Å². The number of thiazole rings is 1. The summed E-state index contributed by atoms with van der Waals surface area (Å²) in [5.74, 6) is -0.00772. The number of rotatable bonds is 6. The summed E-state index contributed by atoms with van der Waals surface area (Å²) in [7, 11) is 0. The first kappa shape index (κ1) is 16.1. The van der Waals surface area contributed by atoms with Crippen molar-refractivity contribution in [2.24, 2.45) is 0 Å². The molecule has 0 atom stereocenters. The van der Waals surface area contributed by atoms with Crippen LogP contribution in [0.25, 0.3) is 0 Å². The first-order valence-corrected chi connectivity index (χ1v) is 8.08. The van der Waals surface area contributed by atoms with Crippen LogP contribution in [0, 0.1) is 0 Å². The minimum Gasteiger partial charge on any atom is -0.375 e. The second-order valence-electron chi connectivity index (χ2n) is 4.51. The van der Waals surface area contributed by atoms with Crippen molar-refractivity contribution in [2.45, 2.75) is 19.3 Å². The molecule has 2 rings (SSSR count). The van der Waals surface area contributed by atoms with Crippen LogP contribution >= 0.6 is 34.5 Å². The second-order valence-corrected chi connectivity index (χ2v) is 6.25. The normalized spacial score (nSPS) is 10.6. The van der Waals surface area contributed by atoms with Gasteiger partial charge in [-0.1, -0.05) is 29.3 Å². The zero-order chi connectivity index (χ0) is 15.2. The van der Waals surface area contributed by atoms with Gasteiger partial charge in [0, 0.05) is 28.4 Å². The maximum Gasteiger partial charge on any atom is 0.220 e. The number of nitrogen functional groups attached to an aromatic ring is 1. The maximum absolute atomic E-state index is 11.7. The molecule has 1 amide bonds. The van der Waals surface area contributed by atoms with Crippen LogP contribution in [0.2, 0.25) is 10.0 Å². The van der Waals surface area contributed by atoms with Crippen LogP contribution in [0.1, 0.15) is 17.7 Å². The molecule has 0 radical (unpaired) electrons. The third-order valence-corrected chi connectivity index (χ3v) is 4.22. The van der Waals surface area contributed by atoms with Crippen molar-refractivity contribution in [2.75, 3.05) is 12.3 Å². The van der Waals surface area contributed by atoms with Crippen LogP contribution in [-0.4, -0.2) is 17.4 Å². The highest BCUT2D eigenvalue weighted by molar-refractivity contribution is 7.13. The van der Waals surface area contributed by atoms with E-state index in [4.69, 9.17) is 28.9 Å². The van der Waals surface area contributed by atoms with Crippen LogP contribution in [0.3, 0.4) is 0 Å². The molecule has 2 aromatic rings. The van der Waals surface area contributed by atoms with Crippen molar-refractivity contribution in [1.29, 1.82) is 0 Å². The number of nitrogens with zero attached hydrogens (tertiary/aromatic N) is 1. The van der Waals surface area contributed by atoms with Gasteiger partial charge in [-0.15, -0.1) is 11.3 Å². The molecule has 0 bridgehead atoms. The molecular formula is C14H15Cl2N3OS. The van der Waals surface area contributed by atoms with E-state index in [9.17, 15) is 4.79 Å². The molecule has 0 saturated heterocycles. The Morgan fingerprint density at radius 3 is 2.81 bits per heavy atom. The van der Waals surface area contributed by atoms with Gasteiger partial charge in [-0.3, -0.25) is 4.79 Å². The number of nitrogens with two attached hydrogens (primary N) is 1. The number of amides is 1. The molecule has 1 aromatic heterocycles. The van der Waals surface area contributed by atoms with Gasteiger partial charge in [0.1, 0.15) is 0 Å². The van der Waals surface area contributed by atoms with Gasteiger partial charge in [-0.05, 0) is 30.5 Å². The van der Waals surface area contributed by atoms with E-state index in [-0.39, 0.29) is 5.91 Å². The minimum absolute atomic E-state index is 0.00772. The summed E-state index contributed by atoms with van der Waals surface area (Å²) in [6.07, 6.45) is 1.67. The van der Waals surface area contributed by atoms with E-state index in [2.05, 4.69) is 10.3 Å². The molecule has 0 unspecified atom stereocenters. The molecule has 21 heavy (non-hydrogen) atoms. The topological polar surface area (TPSA) is 68.0 Å². The van der Waals surface area contributed by atoms with Gasteiger partial charge in [0.15, 0.2) is 5.13 Å². The van der Waals surface area contributed by atoms with E-state index in [0.717, 1.165) is 11.3 Å². The standard InChI is InChI=1S/C14H15Cl2N3OS/c15-10-2-1-9(12(16)7-10)5-6-18-13(20)4-3-11-8-21-14(17)19-11/h1-2,7-8H,3-6H2,(H2,17,19)(H,18,20). The maximum atomic E-state index is 11.7. The number of nitrogens with one attached hydrogen (secondary N) is 1. The first-order valence-electron chi connectivity index (χ1n) is 6.45. The van der Waals surface area contributed by atoms with Crippen molar-refractivity contribution in [3.8, 4) is 0 Å². The lowest BCUT2D eigenvalue weighted by Gasteiger charge is -2.06. The molecule has 7 heteroatoms. The first-order chi connectivity index (χ1) is 10.0. The Labute approximate surface area is 137 Å². The molecule has 0 spiro atoms. The van der Waals surface area contributed by atoms with Crippen molar-refractivity contribution in [3.05, 3.63) is 44.9 Å². The van der Waals surface area contributed by atoms with Crippen LogP contribution in [0.15, 0.2) is 23.6 Å². The van der Waals surface area contributed by atoms with E-state index in [1.54, 1.807) is 12.1 Å². The van der Waals surface area contributed by atoms with Crippen LogP contribution in [0.5, 0.6) is 0 Å². The van der Waals surface area contributed by atoms with Gasteiger partial charge in [0.2, 0.25) is 5.91 Å². The molecule has 0 fully saturated rings. The fraction of sp³-hybridized carbons (Fsp3) is 0.286. The van der Waals surface area contributed by atoms with Crippen LogP contribution in [0.4, 0.5) is 5.13 Å². The summed E-state index contributed by atoms with van der Waals surface area (Å²) < 4.78 is 0. The Kier molecular flexibility index (Phi) is 5.85. The lowest BCUT2D eigenvalue weighted by Crippen LogP contribution is -2.26. The molecule has 1 aromatic carbocycles. The van der Waals surface area contributed by atoms with Crippen molar-refractivity contribution in [1.82, 2.24) is 10.3 Å². The average Bonchev–Trinajstić information content (AvgIpc) is 2.85. The highest BCUT2D eigenvalue weighted by Gasteiger charge is 2.06. The largest absolute Gasteiger partial charge is 0.375 e. The number of aromatic nitrogens is 1. The van der Waals surface area contributed by atoms with Crippen molar-refractivity contribution >= 4 is 45.6 Å². The third kappa shape index (κ3) is 5.19. The molecule has 0 saturated carbocycles. The van der Waals surface area contributed by atoms with Gasteiger partial charge >= 0.3 is 0 Å². The van der Waals surface area contributed by atoms with Gasteiger partial charge in [0.05, 0.1) is 5.69 Å². The average molecular weight is 344 g/mol. The summed E-state index contributed by atoms with van der Waals surface area (Å²) in [6.45, 7) is 0.541. The van der Waals surface area contributed by atoms with E-state index in [0.29, 0.717) is 41.0 Å². The molecule has 0 aliphatic rings. The zero-order valence-corrected chi connectivity index (χ0v) is 13.6. The van der Waals surface area contributed by atoms with Crippen LogP contribution in [-0.2, 0) is 17.6 Å². The summed E-state index contributed by atoms with van der Waals surface area (Å²) >= 11 is 13.3. The Morgan fingerprint density at radius 2 is 2.14 bits per heavy atom. The smallest absolute Gasteiger partial charge is 0.220 e. The summed E-state index contributed by atoms with van der Waals surface area (Å²) in [5, 5.41) is 6.49. The third-order valence-electron chi connectivity index (χ3n) is 2.91. The lowest BCUT2D eigenvalue weighted by molar-refractivity contribution is -0.121. The summed E-state index contributed by atoms with van der Waals surface area (Å²) in [5.41, 5.74) is 7.36. The van der Waals surface area contributed by atoms with Gasteiger partial charge in [-0.2, -0.15) is 0 Å². The van der Waals surface area contributed by atoms with Gasteiger partial charge in [0.25, 0.3) is 0 Å². The minimum atomic E-state index is -0.00772. The highest BCUT2D eigenvalue weighted by atomic mass is 35.5. The van der Waals surface area contributed by atoms with E-state index in [1.165, 1.54) is 11.3 Å². The van der Waals surface area contributed by atoms with E-state index in [1.807, 2.05) is 11.4 Å². The summed E-state index contributed by atoms with van der Waals surface area (Å²) in [6, 6.07) is 5.36. The summed E-state index contributed by atoms with van der Waals surface area (Å²) in [4.78, 5) is 15.8. The number of carbonyl (C=O) groups excluding carboxylic acids is 1. The Hall–Kier alpha value is -1.30. The molecular weight excluding hydrogens is 329 g/mol. The predicted molar refractivity (Wildman–Crippen MR) is 88.0 cm³/mol. The molecule has 4 nitrogen and oxygen atoms in total. The lowest BCUT2D eigenvalue weighted by atomic mass is 10.1. The predicted octanol–water partition coefficient (Wildman–Crippen LogP) is 3.32. The van der Waals surface area contributed by atoms with E-state index >= 15 is 0 Å². The Morgan fingerprint density at radius 1 is 1.33 bits per heavy atom. The number of carbonyl (C=O) groups is 1. The number of anilines is 1. The zero-order valence-electron chi connectivity index (χ0n) is 11.2. The number of aryl methyl sites for hydroxylation is 1. The quantitative estimate of drug-likeness (QED) is 0.845. The van der Waals surface area contributed by atoms with Crippen LogP contribution < -0.4 is 11.1 Å². The number of halogens is 2. The SMILES string of the molecule is Nc1nc(CCC(=O)NCCc2ccc(Cl)cc2Cl)cs1. The van der Waals surface area contributed by atoms with Gasteiger partial charge < -0.3 is 11.1 Å². The number of benzene rings is 1. The van der Waals surface area contributed by atoms with E-state index < -0.39 is 0 Å².